The van der Waals surface area contributed by atoms with Gasteiger partial charge in [-0.25, -0.2) is 0 Å². The largest absolute Gasteiger partial charge is 0.394 e. The molecule has 1 saturated heterocycles. The third-order valence-electron chi connectivity index (χ3n) is 6.65. The predicted molar refractivity (Wildman–Crippen MR) is 134 cm³/mol. The van der Waals surface area contributed by atoms with Crippen molar-refractivity contribution in [1.29, 1.82) is 0 Å². The van der Waals surface area contributed by atoms with Gasteiger partial charge in [0.2, 0.25) is 11.8 Å². The van der Waals surface area contributed by atoms with Gasteiger partial charge < -0.3 is 25.7 Å². The van der Waals surface area contributed by atoms with Crippen molar-refractivity contribution < 1.29 is 19.8 Å². The van der Waals surface area contributed by atoms with Gasteiger partial charge >= 0.3 is 0 Å². The minimum atomic E-state index is -0.642. The van der Waals surface area contributed by atoms with E-state index >= 15 is 0 Å². The molecule has 1 aliphatic heterocycles. The molecule has 1 fully saturated rings. The predicted octanol–water partition coefficient (Wildman–Crippen LogP) is 3.38. The molecule has 0 aromatic carbocycles. The molecule has 0 aromatic rings. The van der Waals surface area contributed by atoms with Gasteiger partial charge in [0.15, 0.2) is 0 Å². The SMILES string of the molecule is CC(CCC(=O)NCCCCCCCC(=O)NCCCCC(O)CO)CCN1CCCCC1. The highest BCUT2D eigenvalue weighted by atomic mass is 16.3. The normalized spacial score (nSPS) is 16.3. The minimum absolute atomic E-state index is 0.0927. The molecule has 1 rings (SSSR count). The molecule has 0 bridgehead atoms. The molecule has 0 aromatic heterocycles. The van der Waals surface area contributed by atoms with E-state index in [1.807, 2.05) is 0 Å². The van der Waals surface area contributed by atoms with Crippen molar-refractivity contribution in [2.45, 2.75) is 109 Å². The van der Waals surface area contributed by atoms with Crippen LogP contribution in [-0.4, -0.2) is 72.4 Å². The number of rotatable bonds is 20. The molecule has 0 spiro atoms. The van der Waals surface area contributed by atoms with Gasteiger partial charge in [0.1, 0.15) is 0 Å². The number of hydrogen-bond donors (Lipinski definition) is 4. The van der Waals surface area contributed by atoms with E-state index in [1.165, 1.54) is 45.3 Å². The standard InChI is InChI=1S/C26H51N3O4/c1-23(16-21-29-19-10-5-11-20-29)14-15-26(33)28-17-8-4-2-3-6-13-25(32)27-18-9-7-12-24(31)22-30/h23-24,30-31H,2-22H2,1H3,(H,27,32)(H,28,33). The average molecular weight is 470 g/mol. The van der Waals surface area contributed by atoms with E-state index < -0.39 is 6.10 Å². The monoisotopic (exact) mass is 469 g/mol. The lowest BCUT2D eigenvalue weighted by Gasteiger charge is -2.27. The number of likely N-dealkylation sites (tertiary alicyclic amines) is 1. The lowest BCUT2D eigenvalue weighted by molar-refractivity contribution is -0.122. The molecule has 7 nitrogen and oxygen atoms in total. The third kappa shape index (κ3) is 17.9. The van der Waals surface area contributed by atoms with Crippen molar-refractivity contribution >= 4 is 11.8 Å². The first-order valence-electron chi connectivity index (χ1n) is 13.6. The number of piperidine rings is 1. The second-order valence-electron chi connectivity index (χ2n) is 9.88. The van der Waals surface area contributed by atoms with Crippen molar-refractivity contribution in [1.82, 2.24) is 15.5 Å². The van der Waals surface area contributed by atoms with E-state index in [4.69, 9.17) is 5.11 Å². The molecule has 1 heterocycles. The topological polar surface area (TPSA) is 102 Å². The number of carbonyl (C=O) groups is 2. The molecular formula is C26H51N3O4. The van der Waals surface area contributed by atoms with Crippen molar-refractivity contribution in [3.8, 4) is 0 Å². The summed E-state index contributed by atoms with van der Waals surface area (Å²) in [6.07, 6.45) is 14.1. The Hall–Kier alpha value is -1.18. The van der Waals surface area contributed by atoms with Crippen LogP contribution in [0.4, 0.5) is 0 Å². The highest BCUT2D eigenvalue weighted by Crippen LogP contribution is 2.14. The van der Waals surface area contributed by atoms with Gasteiger partial charge in [-0.15, -0.1) is 0 Å². The van der Waals surface area contributed by atoms with Gasteiger partial charge in [-0.2, -0.15) is 0 Å². The number of unbranched alkanes of at least 4 members (excludes halogenated alkanes) is 5. The van der Waals surface area contributed by atoms with Crippen molar-refractivity contribution in [2.24, 2.45) is 5.92 Å². The van der Waals surface area contributed by atoms with Crippen LogP contribution in [0.1, 0.15) is 103 Å². The Morgan fingerprint density at radius 1 is 0.788 bits per heavy atom. The van der Waals surface area contributed by atoms with Crippen LogP contribution in [0.2, 0.25) is 0 Å². The molecular weight excluding hydrogens is 418 g/mol. The Labute approximate surface area is 202 Å². The Kier molecular flexibility index (Phi) is 18.3. The summed E-state index contributed by atoms with van der Waals surface area (Å²) in [5.74, 6) is 0.881. The zero-order valence-electron chi connectivity index (χ0n) is 21.2. The molecule has 0 radical (unpaired) electrons. The summed E-state index contributed by atoms with van der Waals surface area (Å²) in [6.45, 7) is 7.14. The first kappa shape index (κ1) is 29.9. The summed E-state index contributed by atoms with van der Waals surface area (Å²) < 4.78 is 0. The average Bonchev–Trinajstić information content (AvgIpc) is 2.83. The van der Waals surface area contributed by atoms with Gasteiger partial charge in [-0.1, -0.05) is 32.6 Å². The summed E-state index contributed by atoms with van der Waals surface area (Å²) in [6, 6.07) is 0. The lowest BCUT2D eigenvalue weighted by Crippen LogP contribution is -2.31. The smallest absolute Gasteiger partial charge is 0.220 e. The second-order valence-corrected chi connectivity index (χ2v) is 9.88. The van der Waals surface area contributed by atoms with Crippen LogP contribution in [0.5, 0.6) is 0 Å². The zero-order chi connectivity index (χ0) is 24.2. The van der Waals surface area contributed by atoms with Crippen LogP contribution in [0.15, 0.2) is 0 Å². The Bertz CT molecular complexity index is 498. The third-order valence-corrected chi connectivity index (χ3v) is 6.65. The maximum atomic E-state index is 12.1. The van der Waals surface area contributed by atoms with Crippen LogP contribution in [0.25, 0.3) is 0 Å². The van der Waals surface area contributed by atoms with Crippen LogP contribution in [-0.2, 0) is 9.59 Å². The minimum Gasteiger partial charge on any atom is -0.394 e. The fourth-order valence-electron chi connectivity index (χ4n) is 4.28. The Morgan fingerprint density at radius 2 is 1.39 bits per heavy atom. The van der Waals surface area contributed by atoms with Crippen LogP contribution in [0.3, 0.4) is 0 Å². The van der Waals surface area contributed by atoms with Crippen molar-refractivity contribution in [3.63, 3.8) is 0 Å². The number of carbonyl (C=O) groups excluding carboxylic acids is 2. The fourth-order valence-corrected chi connectivity index (χ4v) is 4.28. The molecule has 0 saturated carbocycles. The summed E-state index contributed by atoms with van der Waals surface area (Å²) in [5, 5.41) is 24.0. The first-order chi connectivity index (χ1) is 16.0. The number of hydrogen-bond acceptors (Lipinski definition) is 5. The Morgan fingerprint density at radius 3 is 2.09 bits per heavy atom. The zero-order valence-corrected chi connectivity index (χ0v) is 21.2. The molecule has 2 amide bonds. The van der Waals surface area contributed by atoms with E-state index in [-0.39, 0.29) is 18.4 Å². The van der Waals surface area contributed by atoms with E-state index in [1.54, 1.807) is 0 Å². The first-order valence-corrected chi connectivity index (χ1v) is 13.6. The quantitative estimate of drug-likeness (QED) is 0.205. The molecule has 2 atom stereocenters. The number of nitrogens with one attached hydrogen (secondary N) is 2. The maximum absolute atomic E-state index is 12.1. The summed E-state index contributed by atoms with van der Waals surface area (Å²) in [7, 11) is 0. The number of aliphatic hydroxyl groups is 2. The highest BCUT2D eigenvalue weighted by Gasteiger charge is 2.12. The van der Waals surface area contributed by atoms with Gasteiger partial charge in [0.05, 0.1) is 12.7 Å². The summed E-state index contributed by atoms with van der Waals surface area (Å²) in [5.41, 5.74) is 0. The number of nitrogens with zero attached hydrogens (tertiary/aromatic N) is 1. The molecule has 33 heavy (non-hydrogen) atoms. The van der Waals surface area contributed by atoms with Crippen LogP contribution in [0, 0.1) is 5.92 Å². The second kappa shape index (κ2) is 20.2. The molecule has 4 N–H and O–H groups in total. The maximum Gasteiger partial charge on any atom is 0.220 e. The van der Waals surface area contributed by atoms with E-state index in [9.17, 15) is 14.7 Å². The molecule has 0 aliphatic carbocycles. The highest BCUT2D eigenvalue weighted by molar-refractivity contribution is 5.76. The molecule has 194 valence electrons. The van der Waals surface area contributed by atoms with Gasteiger partial charge in [-0.05, 0) is 83.3 Å². The van der Waals surface area contributed by atoms with E-state index in [0.29, 0.717) is 31.7 Å². The fraction of sp³-hybridized carbons (Fsp3) is 0.923. The summed E-state index contributed by atoms with van der Waals surface area (Å²) >= 11 is 0. The number of amides is 2. The van der Waals surface area contributed by atoms with Crippen LogP contribution < -0.4 is 10.6 Å². The van der Waals surface area contributed by atoms with Gasteiger partial charge in [-0.3, -0.25) is 9.59 Å². The summed E-state index contributed by atoms with van der Waals surface area (Å²) in [4.78, 5) is 26.4. The van der Waals surface area contributed by atoms with Gasteiger partial charge in [0, 0.05) is 25.9 Å². The van der Waals surface area contributed by atoms with Crippen LogP contribution >= 0.6 is 0 Å². The Balaban J connectivity index is 1.84. The lowest BCUT2D eigenvalue weighted by atomic mass is 10.0. The number of aliphatic hydroxyl groups excluding tert-OH is 2. The van der Waals surface area contributed by atoms with Gasteiger partial charge in [0.25, 0.3) is 0 Å². The molecule has 1 aliphatic rings. The van der Waals surface area contributed by atoms with E-state index in [2.05, 4.69) is 22.5 Å². The molecule has 7 heteroatoms. The van der Waals surface area contributed by atoms with Crippen molar-refractivity contribution in [2.75, 3.05) is 39.3 Å². The van der Waals surface area contributed by atoms with Crippen molar-refractivity contribution in [3.05, 3.63) is 0 Å². The molecule has 2 unspecified atom stereocenters. The van der Waals surface area contributed by atoms with E-state index in [0.717, 1.165) is 57.9 Å².